The molecule has 106 valence electrons. The van der Waals surface area contributed by atoms with Crippen molar-refractivity contribution in [3.05, 3.63) is 10.7 Å². The Morgan fingerprint density at radius 2 is 2.42 bits per heavy atom. The Balaban J connectivity index is 1.90. The van der Waals surface area contributed by atoms with E-state index in [4.69, 9.17) is 9.47 Å². The van der Waals surface area contributed by atoms with Crippen LogP contribution >= 0.6 is 15.9 Å². The molecular formula is C13H20BrN3O2. The Labute approximate surface area is 122 Å². The van der Waals surface area contributed by atoms with E-state index in [1.54, 1.807) is 6.20 Å². The first-order valence-electron chi connectivity index (χ1n) is 6.80. The molecule has 2 rings (SSSR count). The van der Waals surface area contributed by atoms with Gasteiger partial charge in [0.25, 0.3) is 0 Å². The Morgan fingerprint density at radius 1 is 1.53 bits per heavy atom. The summed E-state index contributed by atoms with van der Waals surface area (Å²) in [4.78, 5) is 8.54. The van der Waals surface area contributed by atoms with Gasteiger partial charge in [0, 0.05) is 13.2 Å². The number of nitrogens with zero attached hydrogens (tertiary/aromatic N) is 2. The summed E-state index contributed by atoms with van der Waals surface area (Å²) < 4.78 is 12.1. The van der Waals surface area contributed by atoms with E-state index in [0.717, 1.165) is 36.9 Å². The van der Waals surface area contributed by atoms with Gasteiger partial charge in [-0.2, -0.15) is 4.98 Å². The zero-order chi connectivity index (χ0) is 13.5. The van der Waals surface area contributed by atoms with Crippen LogP contribution < -0.4 is 10.1 Å². The van der Waals surface area contributed by atoms with Crippen molar-refractivity contribution in [3.63, 3.8) is 0 Å². The van der Waals surface area contributed by atoms with Crippen molar-refractivity contribution in [3.8, 4) is 5.88 Å². The van der Waals surface area contributed by atoms with Crippen molar-refractivity contribution in [2.45, 2.75) is 38.7 Å². The highest BCUT2D eigenvalue weighted by atomic mass is 79.9. The van der Waals surface area contributed by atoms with Crippen LogP contribution in [0.15, 0.2) is 10.7 Å². The fourth-order valence-corrected chi connectivity index (χ4v) is 2.19. The lowest BCUT2D eigenvalue weighted by Gasteiger charge is -2.22. The van der Waals surface area contributed by atoms with Crippen molar-refractivity contribution in [2.75, 3.05) is 25.1 Å². The minimum absolute atomic E-state index is 0.183. The van der Waals surface area contributed by atoms with Crippen LogP contribution in [0.5, 0.6) is 5.88 Å². The van der Waals surface area contributed by atoms with Gasteiger partial charge in [-0.15, -0.1) is 0 Å². The second-order valence-electron chi connectivity index (χ2n) is 4.57. The second-order valence-corrected chi connectivity index (χ2v) is 5.43. The van der Waals surface area contributed by atoms with Crippen LogP contribution in [0.3, 0.4) is 0 Å². The molecule has 1 saturated heterocycles. The van der Waals surface area contributed by atoms with Crippen LogP contribution in [0.2, 0.25) is 0 Å². The summed E-state index contributed by atoms with van der Waals surface area (Å²) in [6, 6.07) is 0. The Kier molecular flexibility index (Phi) is 5.85. The number of ether oxygens (including phenoxy) is 2. The van der Waals surface area contributed by atoms with Crippen LogP contribution in [-0.2, 0) is 4.74 Å². The molecule has 0 aromatic carbocycles. The lowest BCUT2D eigenvalue weighted by molar-refractivity contribution is -0.0121. The molecular weight excluding hydrogens is 310 g/mol. The van der Waals surface area contributed by atoms with Gasteiger partial charge in [0.05, 0.1) is 16.8 Å². The molecule has 0 bridgehead atoms. The third kappa shape index (κ3) is 4.62. The lowest BCUT2D eigenvalue weighted by Crippen LogP contribution is -2.26. The highest BCUT2D eigenvalue weighted by Gasteiger charge is 2.16. The standard InChI is InChI=1S/C13H20BrN3O2/c1-2-6-15-13-16-8-11(14)12(17-13)19-9-10-5-3-4-7-18-10/h8,10H,2-7,9H2,1H3,(H,15,16,17). The van der Waals surface area contributed by atoms with Gasteiger partial charge < -0.3 is 14.8 Å². The topological polar surface area (TPSA) is 56.3 Å². The molecule has 1 aliphatic rings. The van der Waals surface area contributed by atoms with Crippen molar-refractivity contribution in [1.29, 1.82) is 0 Å². The highest BCUT2D eigenvalue weighted by molar-refractivity contribution is 9.10. The fraction of sp³-hybridized carbons (Fsp3) is 0.692. The van der Waals surface area contributed by atoms with Gasteiger partial charge in [-0.1, -0.05) is 6.92 Å². The van der Waals surface area contributed by atoms with Crippen LogP contribution in [-0.4, -0.2) is 35.8 Å². The molecule has 5 nitrogen and oxygen atoms in total. The quantitative estimate of drug-likeness (QED) is 0.869. The molecule has 0 aliphatic carbocycles. The van der Waals surface area contributed by atoms with Gasteiger partial charge in [0.15, 0.2) is 0 Å². The molecule has 0 saturated carbocycles. The van der Waals surface area contributed by atoms with E-state index in [0.29, 0.717) is 18.4 Å². The summed E-state index contributed by atoms with van der Waals surface area (Å²) in [5, 5.41) is 3.15. The van der Waals surface area contributed by atoms with E-state index in [1.807, 2.05) is 0 Å². The third-order valence-electron chi connectivity index (χ3n) is 2.92. The van der Waals surface area contributed by atoms with Crippen LogP contribution in [0.25, 0.3) is 0 Å². The molecule has 1 aliphatic heterocycles. The van der Waals surface area contributed by atoms with Crippen molar-refractivity contribution in [1.82, 2.24) is 9.97 Å². The first-order chi connectivity index (χ1) is 9.29. The van der Waals surface area contributed by atoms with E-state index < -0.39 is 0 Å². The number of hydrogen-bond donors (Lipinski definition) is 1. The average molecular weight is 330 g/mol. The van der Waals surface area contributed by atoms with Crippen LogP contribution in [0, 0.1) is 0 Å². The number of halogens is 1. The third-order valence-corrected chi connectivity index (χ3v) is 3.47. The molecule has 6 heteroatoms. The van der Waals surface area contributed by atoms with Gasteiger partial charge in [-0.05, 0) is 41.6 Å². The van der Waals surface area contributed by atoms with Crippen molar-refractivity contribution < 1.29 is 9.47 Å². The zero-order valence-corrected chi connectivity index (χ0v) is 12.8. The van der Waals surface area contributed by atoms with E-state index in [-0.39, 0.29) is 6.10 Å². The summed E-state index contributed by atoms with van der Waals surface area (Å²) >= 11 is 3.41. The summed E-state index contributed by atoms with van der Waals surface area (Å²) in [6.07, 6.45) is 6.35. The minimum atomic E-state index is 0.183. The van der Waals surface area contributed by atoms with Gasteiger partial charge in [-0.25, -0.2) is 4.98 Å². The molecule has 1 N–H and O–H groups in total. The van der Waals surface area contributed by atoms with Gasteiger partial charge in [-0.3, -0.25) is 0 Å². The molecule has 2 heterocycles. The Bertz CT molecular complexity index is 397. The number of nitrogens with one attached hydrogen (secondary N) is 1. The number of rotatable bonds is 6. The normalized spacial score (nSPS) is 19.2. The molecule has 1 atom stereocenters. The van der Waals surface area contributed by atoms with E-state index in [1.165, 1.54) is 6.42 Å². The summed E-state index contributed by atoms with van der Waals surface area (Å²) in [6.45, 7) is 4.33. The van der Waals surface area contributed by atoms with Gasteiger partial charge >= 0.3 is 0 Å². The van der Waals surface area contributed by atoms with E-state index >= 15 is 0 Å². The largest absolute Gasteiger partial charge is 0.474 e. The van der Waals surface area contributed by atoms with Crippen molar-refractivity contribution >= 4 is 21.9 Å². The number of hydrogen-bond acceptors (Lipinski definition) is 5. The SMILES string of the molecule is CCCNc1ncc(Br)c(OCC2CCCCO2)n1. The Hall–Kier alpha value is -0.880. The molecule has 19 heavy (non-hydrogen) atoms. The average Bonchev–Trinajstić information content (AvgIpc) is 2.46. The maximum Gasteiger partial charge on any atom is 0.232 e. The molecule has 1 aromatic rings. The zero-order valence-electron chi connectivity index (χ0n) is 11.2. The predicted octanol–water partition coefficient (Wildman–Crippen LogP) is 3.01. The number of aromatic nitrogens is 2. The van der Waals surface area contributed by atoms with E-state index in [2.05, 4.69) is 38.1 Å². The first-order valence-corrected chi connectivity index (χ1v) is 7.59. The van der Waals surface area contributed by atoms with Crippen LogP contribution in [0.1, 0.15) is 32.6 Å². The molecule has 0 radical (unpaired) electrons. The lowest BCUT2D eigenvalue weighted by atomic mass is 10.1. The second kappa shape index (κ2) is 7.65. The van der Waals surface area contributed by atoms with E-state index in [9.17, 15) is 0 Å². The maximum absolute atomic E-state index is 5.73. The molecule has 1 fully saturated rings. The highest BCUT2D eigenvalue weighted by Crippen LogP contribution is 2.23. The maximum atomic E-state index is 5.73. The Morgan fingerprint density at radius 3 is 3.16 bits per heavy atom. The molecule has 0 spiro atoms. The summed E-state index contributed by atoms with van der Waals surface area (Å²) in [5.74, 6) is 1.17. The fourth-order valence-electron chi connectivity index (χ4n) is 1.89. The van der Waals surface area contributed by atoms with Gasteiger partial charge in [0.1, 0.15) is 6.61 Å². The summed E-state index contributed by atoms with van der Waals surface area (Å²) in [5.41, 5.74) is 0. The van der Waals surface area contributed by atoms with Crippen molar-refractivity contribution in [2.24, 2.45) is 0 Å². The predicted molar refractivity (Wildman–Crippen MR) is 77.6 cm³/mol. The molecule has 1 unspecified atom stereocenters. The van der Waals surface area contributed by atoms with Crippen LogP contribution in [0.4, 0.5) is 5.95 Å². The van der Waals surface area contributed by atoms with Gasteiger partial charge in [0.2, 0.25) is 11.8 Å². The first kappa shape index (κ1) is 14.5. The molecule has 0 amide bonds. The monoisotopic (exact) mass is 329 g/mol. The molecule has 1 aromatic heterocycles. The minimum Gasteiger partial charge on any atom is -0.474 e. The smallest absolute Gasteiger partial charge is 0.232 e. The number of anilines is 1. The summed E-state index contributed by atoms with van der Waals surface area (Å²) in [7, 11) is 0.